The van der Waals surface area contributed by atoms with Crippen LogP contribution in [0.5, 0.6) is 0 Å². The van der Waals surface area contributed by atoms with Crippen LogP contribution in [0.25, 0.3) is 11.1 Å². The summed E-state index contributed by atoms with van der Waals surface area (Å²) in [5.74, 6) is -0.591. The minimum Gasteiger partial charge on any atom is -0.408 e. The summed E-state index contributed by atoms with van der Waals surface area (Å²) in [4.78, 5) is 23.6. The predicted octanol–water partition coefficient (Wildman–Crippen LogP) is 2.49. The van der Waals surface area contributed by atoms with Crippen LogP contribution in [-0.4, -0.2) is 17.0 Å². The molecule has 0 saturated carbocycles. The summed E-state index contributed by atoms with van der Waals surface area (Å²) in [6.07, 6.45) is 1.80. The van der Waals surface area contributed by atoms with Crippen LogP contribution in [0.3, 0.4) is 0 Å². The lowest BCUT2D eigenvalue weighted by molar-refractivity contribution is 0.0953. The Labute approximate surface area is 133 Å². The Balaban J connectivity index is 1.59. The molecule has 1 amide bonds. The van der Waals surface area contributed by atoms with Gasteiger partial charge in [-0.25, -0.2) is 4.79 Å². The molecule has 1 N–H and O–H groups in total. The number of aromatic nitrogens is 1. The highest BCUT2D eigenvalue weighted by molar-refractivity contribution is 5.97. The zero-order chi connectivity index (χ0) is 16.2. The van der Waals surface area contributed by atoms with Crippen LogP contribution in [0.2, 0.25) is 0 Å². The van der Waals surface area contributed by atoms with Crippen molar-refractivity contribution in [3.05, 3.63) is 70.2 Å². The second-order valence-corrected chi connectivity index (χ2v) is 5.45. The van der Waals surface area contributed by atoms with Crippen LogP contribution in [0.4, 0.5) is 0 Å². The Morgan fingerprint density at radius 3 is 2.74 bits per heavy atom. The number of oxazole rings is 1. The Morgan fingerprint density at radius 1 is 1.17 bits per heavy atom. The Bertz CT molecular complexity index is 878. The van der Waals surface area contributed by atoms with Crippen LogP contribution in [0.15, 0.2) is 57.7 Å². The van der Waals surface area contributed by atoms with Gasteiger partial charge in [0, 0.05) is 19.2 Å². The van der Waals surface area contributed by atoms with E-state index in [4.69, 9.17) is 4.42 Å². The van der Waals surface area contributed by atoms with Gasteiger partial charge < -0.3 is 9.73 Å². The third-order valence-corrected chi connectivity index (χ3v) is 3.83. The van der Waals surface area contributed by atoms with E-state index in [1.54, 1.807) is 25.2 Å². The number of carbonyl (C=O) groups is 1. The van der Waals surface area contributed by atoms with Crippen LogP contribution in [0.1, 0.15) is 22.3 Å². The van der Waals surface area contributed by atoms with Crippen molar-refractivity contribution in [1.29, 1.82) is 0 Å². The van der Waals surface area contributed by atoms with Gasteiger partial charge in [0.2, 0.25) is 0 Å². The van der Waals surface area contributed by atoms with Crippen LogP contribution in [-0.2, 0) is 13.5 Å². The van der Waals surface area contributed by atoms with Gasteiger partial charge in [-0.05, 0) is 36.6 Å². The highest BCUT2D eigenvalue weighted by atomic mass is 16.4. The molecule has 0 saturated heterocycles. The number of benzene rings is 2. The molecule has 0 spiro atoms. The molecular weight excluding hydrogens is 292 g/mol. The Morgan fingerprint density at radius 2 is 1.96 bits per heavy atom. The lowest BCUT2D eigenvalue weighted by Gasteiger charge is -2.05. The number of fused-ring (bicyclic) bond motifs is 1. The normalized spacial score (nSPS) is 10.8. The zero-order valence-electron chi connectivity index (χ0n) is 12.9. The smallest absolute Gasteiger partial charge is 0.408 e. The van der Waals surface area contributed by atoms with Gasteiger partial charge in [-0.1, -0.05) is 30.3 Å². The highest BCUT2D eigenvalue weighted by Gasteiger charge is 2.10. The quantitative estimate of drug-likeness (QED) is 0.736. The van der Waals surface area contributed by atoms with E-state index in [9.17, 15) is 9.59 Å². The standard InChI is InChI=1S/C18H18N2O3/c1-20-15-10-9-14(12-16(15)23-18(20)22)17(21)19-11-5-8-13-6-3-2-4-7-13/h2-4,6-7,9-10,12H,5,8,11H2,1H3,(H,19,21). The molecule has 0 aliphatic heterocycles. The van der Waals surface area contributed by atoms with Crippen molar-refractivity contribution in [2.45, 2.75) is 12.8 Å². The van der Waals surface area contributed by atoms with E-state index in [-0.39, 0.29) is 5.91 Å². The second-order valence-electron chi connectivity index (χ2n) is 5.45. The van der Waals surface area contributed by atoms with E-state index in [0.29, 0.717) is 23.2 Å². The monoisotopic (exact) mass is 310 g/mol. The molecule has 1 heterocycles. The lowest BCUT2D eigenvalue weighted by Crippen LogP contribution is -2.24. The first-order chi connectivity index (χ1) is 11.1. The highest BCUT2D eigenvalue weighted by Crippen LogP contribution is 2.14. The minimum atomic E-state index is -0.430. The molecule has 0 aliphatic rings. The Kier molecular flexibility index (Phi) is 4.28. The third-order valence-electron chi connectivity index (χ3n) is 3.83. The fourth-order valence-corrected chi connectivity index (χ4v) is 2.52. The maximum Gasteiger partial charge on any atom is 0.419 e. The number of nitrogens with zero attached hydrogens (tertiary/aromatic N) is 1. The summed E-state index contributed by atoms with van der Waals surface area (Å²) in [6, 6.07) is 15.2. The molecule has 3 rings (SSSR count). The maximum absolute atomic E-state index is 12.2. The molecule has 0 atom stereocenters. The molecule has 118 valence electrons. The van der Waals surface area contributed by atoms with E-state index >= 15 is 0 Å². The molecule has 23 heavy (non-hydrogen) atoms. The molecule has 0 unspecified atom stereocenters. The molecule has 2 aromatic carbocycles. The minimum absolute atomic E-state index is 0.161. The molecule has 0 bridgehead atoms. The summed E-state index contributed by atoms with van der Waals surface area (Å²) in [5.41, 5.74) is 2.85. The first-order valence-electron chi connectivity index (χ1n) is 7.57. The van der Waals surface area contributed by atoms with Crippen LogP contribution < -0.4 is 11.1 Å². The first-order valence-corrected chi connectivity index (χ1v) is 7.57. The summed E-state index contributed by atoms with van der Waals surface area (Å²) >= 11 is 0. The summed E-state index contributed by atoms with van der Waals surface area (Å²) < 4.78 is 6.51. The molecule has 1 aromatic heterocycles. The van der Waals surface area contributed by atoms with Gasteiger partial charge in [-0.3, -0.25) is 9.36 Å². The van der Waals surface area contributed by atoms with Crippen molar-refractivity contribution in [3.8, 4) is 0 Å². The molecule has 0 aliphatic carbocycles. The van der Waals surface area contributed by atoms with Gasteiger partial charge in [0.15, 0.2) is 5.58 Å². The first kappa shape index (κ1) is 15.1. The van der Waals surface area contributed by atoms with Gasteiger partial charge >= 0.3 is 5.76 Å². The number of hydrogen-bond acceptors (Lipinski definition) is 3. The number of aryl methyl sites for hydroxylation is 2. The number of carbonyl (C=O) groups excluding carboxylic acids is 1. The summed E-state index contributed by atoms with van der Waals surface area (Å²) in [7, 11) is 1.64. The largest absolute Gasteiger partial charge is 0.419 e. The zero-order valence-corrected chi connectivity index (χ0v) is 12.9. The topological polar surface area (TPSA) is 64.2 Å². The van der Waals surface area contributed by atoms with E-state index in [1.807, 2.05) is 18.2 Å². The number of rotatable bonds is 5. The number of hydrogen-bond donors (Lipinski definition) is 1. The SMILES string of the molecule is Cn1c(=O)oc2cc(C(=O)NCCCc3ccccc3)ccc21. The van der Waals surface area contributed by atoms with Crippen molar-refractivity contribution < 1.29 is 9.21 Å². The third kappa shape index (κ3) is 3.34. The van der Waals surface area contributed by atoms with E-state index in [0.717, 1.165) is 12.8 Å². The van der Waals surface area contributed by atoms with Crippen molar-refractivity contribution in [2.75, 3.05) is 6.54 Å². The van der Waals surface area contributed by atoms with Crippen molar-refractivity contribution in [1.82, 2.24) is 9.88 Å². The van der Waals surface area contributed by atoms with Gasteiger partial charge in [0.05, 0.1) is 5.52 Å². The van der Waals surface area contributed by atoms with Crippen molar-refractivity contribution >= 4 is 17.0 Å². The van der Waals surface area contributed by atoms with E-state index in [1.165, 1.54) is 10.1 Å². The van der Waals surface area contributed by atoms with E-state index in [2.05, 4.69) is 17.4 Å². The summed E-state index contributed by atoms with van der Waals surface area (Å²) in [5, 5.41) is 2.89. The average Bonchev–Trinajstić information content (AvgIpc) is 2.86. The molecular formula is C18H18N2O3. The molecule has 0 radical (unpaired) electrons. The Hall–Kier alpha value is -2.82. The maximum atomic E-state index is 12.2. The van der Waals surface area contributed by atoms with Crippen LogP contribution >= 0.6 is 0 Å². The van der Waals surface area contributed by atoms with Gasteiger partial charge in [-0.2, -0.15) is 0 Å². The lowest BCUT2D eigenvalue weighted by atomic mass is 10.1. The molecule has 5 heteroatoms. The number of amides is 1. The van der Waals surface area contributed by atoms with Crippen molar-refractivity contribution in [2.24, 2.45) is 7.05 Å². The number of nitrogens with one attached hydrogen (secondary N) is 1. The molecule has 3 aromatic rings. The fraction of sp³-hybridized carbons (Fsp3) is 0.222. The van der Waals surface area contributed by atoms with Gasteiger partial charge in [0.1, 0.15) is 0 Å². The van der Waals surface area contributed by atoms with Gasteiger partial charge in [0.25, 0.3) is 5.91 Å². The van der Waals surface area contributed by atoms with E-state index < -0.39 is 5.76 Å². The molecule has 0 fully saturated rings. The predicted molar refractivity (Wildman–Crippen MR) is 88.6 cm³/mol. The second kappa shape index (κ2) is 6.52. The fourth-order valence-electron chi connectivity index (χ4n) is 2.52. The summed E-state index contributed by atoms with van der Waals surface area (Å²) in [6.45, 7) is 0.602. The van der Waals surface area contributed by atoms with Crippen LogP contribution in [0, 0.1) is 0 Å². The van der Waals surface area contributed by atoms with Crippen molar-refractivity contribution in [3.63, 3.8) is 0 Å². The molecule has 5 nitrogen and oxygen atoms in total. The van der Waals surface area contributed by atoms with Gasteiger partial charge in [-0.15, -0.1) is 0 Å². The average molecular weight is 310 g/mol.